The Kier molecular flexibility index (Phi) is 3.18. The number of nitrogens with zero attached hydrogens (tertiary/aromatic N) is 1. The first kappa shape index (κ1) is 14.0. The molecule has 0 aromatic heterocycles. The van der Waals surface area contributed by atoms with Gasteiger partial charge in [-0.3, -0.25) is 9.63 Å². The summed E-state index contributed by atoms with van der Waals surface area (Å²) in [5.74, 6) is -2.74. The fraction of sp³-hybridized carbons (Fsp3) is 0.429. The molecule has 0 radical (unpaired) electrons. The molecule has 2 aliphatic heterocycles. The van der Waals surface area contributed by atoms with E-state index >= 15 is 0 Å². The number of ether oxygens (including phenoxy) is 1. The number of carboxylic acids is 1. The summed E-state index contributed by atoms with van der Waals surface area (Å²) in [5, 5.41) is 10.3. The van der Waals surface area contributed by atoms with Crippen LogP contribution in [0.5, 0.6) is 0 Å². The zero-order valence-electron chi connectivity index (χ0n) is 11.3. The number of carboxylic acid groups (broad SMARTS) is 1. The van der Waals surface area contributed by atoms with Crippen LogP contribution < -0.4 is 0 Å². The molecule has 2 saturated heterocycles. The lowest BCUT2D eigenvalue weighted by Crippen LogP contribution is -2.48. The van der Waals surface area contributed by atoms with Crippen molar-refractivity contribution < 1.29 is 28.7 Å². The quantitative estimate of drug-likeness (QED) is 0.878. The largest absolute Gasteiger partial charge is 0.479 e. The van der Waals surface area contributed by atoms with E-state index < -0.39 is 35.3 Å². The monoisotopic (exact) mass is 295 g/mol. The number of aliphatic carboxylic acids is 1. The van der Waals surface area contributed by atoms with E-state index in [1.54, 1.807) is 6.07 Å². The Hall–Kier alpha value is -1.99. The van der Waals surface area contributed by atoms with Gasteiger partial charge < -0.3 is 9.84 Å². The molecule has 3 rings (SSSR count). The molecule has 1 amide bonds. The van der Waals surface area contributed by atoms with Crippen molar-refractivity contribution in [3.63, 3.8) is 0 Å². The number of hydrogen-bond acceptors (Lipinski definition) is 4. The van der Waals surface area contributed by atoms with E-state index in [4.69, 9.17) is 9.57 Å². The van der Waals surface area contributed by atoms with Crippen LogP contribution in [-0.4, -0.2) is 41.4 Å². The van der Waals surface area contributed by atoms with Gasteiger partial charge in [-0.25, -0.2) is 14.2 Å². The number of halogens is 1. The highest BCUT2D eigenvalue weighted by atomic mass is 19.1. The van der Waals surface area contributed by atoms with Gasteiger partial charge in [0.2, 0.25) is 5.91 Å². The maximum atomic E-state index is 14.2. The van der Waals surface area contributed by atoms with E-state index in [1.165, 1.54) is 25.1 Å². The van der Waals surface area contributed by atoms with Crippen LogP contribution in [0.25, 0.3) is 0 Å². The third-order valence-corrected chi connectivity index (χ3v) is 4.08. The van der Waals surface area contributed by atoms with Crippen molar-refractivity contribution in [3.8, 4) is 0 Å². The van der Waals surface area contributed by atoms with Gasteiger partial charge in [-0.05, 0) is 6.07 Å². The predicted octanol–water partition coefficient (Wildman–Crippen LogP) is 0.914. The van der Waals surface area contributed by atoms with Gasteiger partial charge in [-0.1, -0.05) is 18.2 Å². The molecule has 3 atom stereocenters. The van der Waals surface area contributed by atoms with E-state index in [9.17, 15) is 19.1 Å². The van der Waals surface area contributed by atoms with Crippen LogP contribution >= 0.6 is 0 Å². The van der Waals surface area contributed by atoms with E-state index in [2.05, 4.69) is 0 Å². The van der Waals surface area contributed by atoms with Gasteiger partial charge in [-0.15, -0.1) is 0 Å². The summed E-state index contributed by atoms with van der Waals surface area (Å²) in [6.07, 6.45) is -1.13. The molecular formula is C14H14FNO5. The Morgan fingerprint density at radius 1 is 1.43 bits per heavy atom. The van der Waals surface area contributed by atoms with Crippen molar-refractivity contribution in [2.75, 3.05) is 13.2 Å². The van der Waals surface area contributed by atoms with E-state index in [-0.39, 0.29) is 18.8 Å². The Balaban J connectivity index is 2.15. The molecule has 0 unspecified atom stereocenters. The number of hydrogen-bond donors (Lipinski definition) is 1. The van der Waals surface area contributed by atoms with Crippen molar-refractivity contribution in [1.82, 2.24) is 5.06 Å². The van der Waals surface area contributed by atoms with Gasteiger partial charge in [0, 0.05) is 12.5 Å². The van der Waals surface area contributed by atoms with Gasteiger partial charge in [0.1, 0.15) is 11.4 Å². The van der Waals surface area contributed by atoms with Crippen molar-refractivity contribution in [2.45, 2.75) is 18.6 Å². The minimum atomic E-state index is -1.24. The summed E-state index contributed by atoms with van der Waals surface area (Å²) < 4.78 is 19.6. The summed E-state index contributed by atoms with van der Waals surface area (Å²) in [4.78, 5) is 28.5. The molecule has 0 bridgehead atoms. The molecule has 2 aliphatic rings. The molecule has 7 heteroatoms. The molecule has 2 fully saturated rings. The number of rotatable bonds is 2. The Labute approximate surface area is 120 Å². The Morgan fingerprint density at radius 3 is 2.76 bits per heavy atom. The average Bonchev–Trinajstić information content (AvgIpc) is 2.95. The van der Waals surface area contributed by atoms with Crippen molar-refractivity contribution in [2.24, 2.45) is 5.92 Å². The van der Waals surface area contributed by atoms with Crippen molar-refractivity contribution >= 4 is 11.9 Å². The van der Waals surface area contributed by atoms with Crippen LogP contribution in [0.15, 0.2) is 24.3 Å². The van der Waals surface area contributed by atoms with Crippen LogP contribution in [0.2, 0.25) is 0 Å². The maximum absolute atomic E-state index is 14.2. The van der Waals surface area contributed by atoms with Gasteiger partial charge >= 0.3 is 5.97 Å². The summed E-state index contributed by atoms with van der Waals surface area (Å²) in [7, 11) is 0. The van der Waals surface area contributed by atoms with Crippen LogP contribution in [0.4, 0.5) is 4.39 Å². The second kappa shape index (κ2) is 4.78. The van der Waals surface area contributed by atoms with Crippen LogP contribution in [-0.2, 0) is 24.7 Å². The molecule has 0 saturated carbocycles. The molecule has 1 aromatic carbocycles. The molecule has 112 valence electrons. The average molecular weight is 295 g/mol. The fourth-order valence-electron chi connectivity index (χ4n) is 3.21. The molecule has 0 aliphatic carbocycles. The highest BCUT2D eigenvalue weighted by Gasteiger charge is 2.63. The smallest absolute Gasteiger partial charge is 0.333 e. The lowest BCUT2D eigenvalue weighted by Gasteiger charge is -2.34. The first-order valence-electron chi connectivity index (χ1n) is 6.51. The predicted molar refractivity (Wildman–Crippen MR) is 67.4 cm³/mol. The zero-order chi connectivity index (χ0) is 15.2. The minimum absolute atomic E-state index is 0.00905. The third-order valence-electron chi connectivity index (χ3n) is 4.08. The van der Waals surface area contributed by atoms with Gasteiger partial charge in [0.15, 0.2) is 6.10 Å². The highest BCUT2D eigenvalue weighted by molar-refractivity contribution is 5.77. The Morgan fingerprint density at radius 2 is 2.14 bits per heavy atom. The van der Waals surface area contributed by atoms with Gasteiger partial charge in [0.05, 0.1) is 19.1 Å². The van der Waals surface area contributed by atoms with Crippen LogP contribution in [0.3, 0.4) is 0 Å². The second-order valence-corrected chi connectivity index (χ2v) is 5.19. The number of fused-ring (bicyclic) bond motifs is 1. The lowest BCUT2D eigenvalue weighted by atomic mass is 9.78. The lowest BCUT2D eigenvalue weighted by molar-refractivity contribution is -0.194. The Bertz CT molecular complexity index is 607. The molecule has 2 heterocycles. The molecule has 21 heavy (non-hydrogen) atoms. The van der Waals surface area contributed by atoms with E-state index in [1.807, 2.05) is 0 Å². The second-order valence-electron chi connectivity index (χ2n) is 5.19. The van der Waals surface area contributed by atoms with E-state index in [0.29, 0.717) is 0 Å². The normalized spacial score (nSPS) is 31.2. The number of carbonyl (C=O) groups is 2. The molecule has 1 aromatic rings. The van der Waals surface area contributed by atoms with Crippen LogP contribution in [0.1, 0.15) is 12.5 Å². The van der Waals surface area contributed by atoms with Gasteiger partial charge in [0.25, 0.3) is 0 Å². The van der Waals surface area contributed by atoms with E-state index in [0.717, 1.165) is 5.06 Å². The van der Waals surface area contributed by atoms with Crippen molar-refractivity contribution in [3.05, 3.63) is 35.6 Å². The van der Waals surface area contributed by atoms with Gasteiger partial charge in [-0.2, -0.15) is 0 Å². The SMILES string of the molecule is CC(=O)N1OC[C@@H]2[C@@H](C(=O)O)OC[C@@]21c1ccccc1F. The minimum Gasteiger partial charge on any atom is -0.479 e. The highest BCUT2D eigenvalue weighted by Crippen LogP contribution is 2.49. The molecular weight excluding hydrogens is 281 g/mol. The van der Waals surface area contributed by atoms with Crippen molar-refractivity contribution in [1.29, 1.82) is 0 Å². The number of amides is 1. The summed E-state index contributed by atoms with van der Waals surface area (Å²) in [6, 6.07) is 5.96. The zero-order valence-corrected chi connectivity index (χ0v) is 11.3. The fourth-order valence-corrected chi connectivity index (χ4v) is 3.21. The molecule has 1 N–H and O–H groups in total. The first-order chi connectivity index (χ1) is 9.98. The maximum Gasteiger partial charge on any atom is 0.333 e. The number of carbonyl (C=O) groups excluding carboxylic acids is 1. The topological polar surface area (TPSA) is 76.1 Å². The number of benzene rings is 1. The first-order valence-corrected chi connectivity index (χ1v) is 6.51. The summed E-state index contributed by atoms with van der Waals surface area (Å²) in [6.45, 7) is 1.17. The third kappa shape index (κ3) is 1.85. The number of hydroxylamine groups is 2. The molecule has 6 nitrogen and oxygen atoms in total. The summed E-state index contributed by atoms with van der Waals surface area (Å²) >= 11 is 0. The summed E-state index contributed by atoms with van der Waals surface area (Å²) in [5.41, 5.74) is -1.02. The molecule has 0 spiro atoms. The van der Waals surface area contributed by atoms with Crippen LogP contribution in [0, 0.1) is 11.7 Å². The standard InChI is InChI=1S/C14H14FNO5/c1-8(17)16-14(9-4-2-3-5-11(9)15)7-20-12(13(18)19)10(14)6-21-16/h2-5,10,12H,6-7H2,1H3,(H,18,19)/t10-,12+,14-/m1/s1.